The van der Waals surface area contributed by atoms with E-state index in [4.69, 9.17) is 0 Å². The van der Waals surface area contributed by atoms with E-state index in [0.717, 1.165) is 30.6 Å². The van der Waals surface area contributed by atoms with Crippen LogP contribution in [-0.4, -0.2) is 23.4 Å². The van der Waals surface area contributed by atoms with Gasteiger partial charge in [-0.05, 0) is 69.6 Å². The zero-order chi connectivity index (χ0) is 17.9. The van der Waals surface area contributed by atoms with Gasteiger partial charge in [-0.15, -0.1) is 0 Å². The maximum atomic E-state index is 12.4. The minimum absolute atomic E-state index is 0.0182. The molecule has 0 aromatic carbocycles. The highest BCUT2D eigenvalue weighted by Crippen LogP contribution is 2.55. The Balaban J connectivity index is 1.37. The first kappa shape index (κ1) is 18.7. The quantitative estimate of drug-likeness (QED) is 0.620. The summed E-state index contributed by atoms with van der Waals surface area (Å²) in [7, 11) is 0. The van der Waals surface area contributed by atoms with E-state index in [1.54, 1.807) is 0 Å². The molecule has 1 atom stereocenters. The van der Waals surface area contributed by atoms with E-state index in [9.17, 15) is 9.59 Å². The van der Waals surface area contributed by atoms with Gasteiger partial charge in [-0.1, -0.05) is 26.2 Å². The van der Waals surface area contributed by atoms with Crippen molar-refractivity contribution in [2.24, 2.45) is 17.8 Å². The van der Waals surface area contributed by atoms with Crippen molar-refractivity contribution < 1.29 is 9.59 Å². The molecule has 4 fully saturated rings. The van der Waals surface area contributed by atoms with Crippen molar-refractivity contribution in [2.75, 3.05) is 0 Å². The molecule has 4 aliphatic carbocycles. The lowest BCUT2D eigenvalue weighted by Gasteiger charge is -2.56. The first-order valence-electron chi connectivity index (χ1n) is 10.6. The van der Waals surface area contributed by atoms with Crippen LogP contribution in [0.15, 0.2) is 0 Å². The van der Waals surface area contributed by atoms with Crippen LogP contribution in [-0.2, 0) is 9.59 Å². The normalized spacial score (nSPS) is 33.9. The smallest absolute Gasteiger partial charge is 0.220 e. The Labute approximate surface area is 152 Å². The lowest BCUT2D eigenvalue weighted by atomic mass is 9.53. The highest BCUT2D eigenvalue weighted by molar-refractivity contribution is 5.84. The zero-order valence-corrected chi connectivity index (χ0v) is 16.1. The molecule has 2 N–H and O–H groups in total. The summed E-state index contributed by atoms with van der Waals surface area (Å²) in [6, 6.07) is 0.213. The summed E-state index contributed by atoms with van der Waals surface area (Å²) in [6.07, 6.45) is 12.9. The number of hydrogen-bond acceptors (Lipinski definition) is 2. The van der Waals surface area contributed by atoms with Crippen molar-refractivity contribution in [3.63, 3.8) is 0 Å². The van der Waals surface area contributed by atoms with Crippen molar-refractivity contribution in [1.82, 2.24) is 10.6 Å². The zero-order valence-electron chi connectivity index (χ0n) is 16.1. The molecule has 2 amide bonds. The standard InChI is InChI=1S/C21H36N2O2/c1-3-4-5-6-15(2)22-19(24)7-8-20(25)23-21-12-16-9-17(13-21)11-18(10-16)14-21/h15-18H,3-14H2,1-2H3,(H,22,24)(H,23,25). The molecular weight excluding hydrogens is 312 g/mol. The van der Waals surface area contributed by atoms with Gasteiger partial charge >= 0.3 is 0 Å². The fourth-order valence-electron chi connectivity index (χ4n) is 5.97. The number of nitrogens with one attached hydrogen (secondary N) is 2. The molecule has 25 heavy (non-hydrogen) atoms. The summed E-state index contributed by atoms with van der Waals surface area (Å²) in [5.74, 6) is 2.59. The summed E-state index contributed by atoms with van der Waals surface area (Å²) in [4.78, 5) is 24.5. The van der Waals surface area contributed by atoms with Gasteiger partial charge in [-0.3, -0.25) is 9.59 Å². The molecule has 4 bridgehead atoms. The average molecular weight is 349 g/mol. The molecule has 0 spiro atoms. The number of amides is 2. The van der Waals surface area contributed by atoms with Crippen molar-refractivity contribution in [3.8, 4) is 0 Å². The van der Waals surface area contributed by atoms with Gasteiger partial charge in [0.2, 0.25) is 11.8 Å². The first-order valence-corrected chi connectivity index (χ1v) is 10.6. The summed E-state index contributed by atoms with van der Waals surface area (Å²) in [5, 5.41) is 6.39. The van der Waals surface area contributed by atoms with Crippen LogP contribution in [0, 0.1) is 17.8 Å². The molecule has 0 saturated heterocycles. The van der Waals surface area contributed by atoms with Gasteiger partial charge in [0.05, 0.1) is 0 Å². The predicted octanol–water partition coefficient (Wildman–Crippen LogP) is 3.94. The molecule has 142 valence electrons. The summed E-state index contributed by atoms with van der Waals surface area (Å²) < 4.78 is 0. The van der Waals surface area contributed by atoms with E-state index in [2.05, 4.69) is 24.5 Å². The summed E-state index contributed by atoms with van der Waals surface area (Å²) in [5.41, 5.74) is 0.0652. The molecular formula is C21H36N2O2. The highest BCUT2D eigenvalue weighted by atomic mass is 16.2. The van der Waals surface area contributed by atoms with Gasteiger partial charge in [0.25, 0.3) is 0 Å². The van der Waals surface area contributed by atoms with E-state index in [-0.39, 0.29) is 23.4 Å². The van der Waals surface area contributed by atoms with Crippen molar-refractivity contribution in [3.05, 3.63) is 0 Å². The Morgan fingerprint density at radius 2 is 1.52 bits per heavy atom. The minimum Gasteiger partial charge on any atom is -0.354 e. The SMILES string of the molecule is CCCCCC(C)NC(=O)CCC(=O)NC12CC3CC(CC(C3)C1)C2. The van der Waals surface area contributed by atoms with E-state index in [1.807, 2.05) is 0 Å². The molecule has 1 unspecified atom stereocenters. The molecule has 4 nitrogen and oxygen atoms in total. The number of carbonyl (C=O) groups is 2. The number of rotatable bonds is 9. The van der Waals surface area contributed by atoms with E-state index < -0.39 is 0 Å². The summed E-state index contributed by atoms with van der Waals surface area (Å²) >= 11 is 0. The third-order valence-corrected chi connectivity index (χ3v) is 6.67. The topological polar surface area (TPSA) is 58.2 Å². The maximum absolute atomic E-state index is 12.4. The average Bonchev–Trinajstić information content (AvgIpc) is 2.51. The lowest BCUT2D eigenvalue weighted by Crippen LogP contribution is -2.59. The van der Waals surface area contributed by atoms with Crippen LogP contribution in [0.25, 0.3) is 0 Å². The fraction of sp³-hybridized carbons (Fsp3) is 0.905. The summed E-state index contributed by atoms with van der Waals surface area (Å²) in [6.45, 7) is 4.24. The number of unbranched alkanes of at least 4 members (excludes halogenated alkanes) is 2. The molecule has 0 aromatic rings. The molecule has 0 radical (unpaired) electrons. The molecule has 4 rings (SSSR count). The van der Waals surface area contributed by atoms with E-state index in [0.29, 0.717) is 12.8 Å². The first-order chi connectivity index (χ1) is 12.0. The second-order valence-electron chi connectivity index (χ2n) is 9.21. The molecule has 0 heterocycles. The largest absolute Gasteiger partial charge is 0.354 e. The molecule has 0 aromatic heterocycles. The van der Waals surface area contributed by atoms with Gasteiger partial charge in [0.15, 0.2) is 0 Å². The third-order valence-electron chi connectivity index (χ3n) is 6.67. The second-order valence-corrected chi connectivity index (χ2v) is 9.21. The van der Waals surface area contributed by atoms with E-state index >= 15 is 0 Å². The van der Waals surface area contributed by atoms with Crippen LogP contribution in [0.3, 0.4) is 0 Å². The van der Waals surface area contributed by atoms with Crippen LogP contribution >= 0.6 is 0 Å². The van der Waals surface area contributed by atoms with Crippen molar-refractivity contribution in [1.29, 1.82) is 0 Å². The predicted molar refractivity (Wildman–Crippen MR) is 100 cm³/mol. The molecule has 4 heteroatoms. The Hall–Kier alpha value is -1.06. The van der Waals surface area contributed by atoms with Crippen molar-refractivity contribution in [2.45, 2.75) is 102 Å². The van der Waals surface area contributed by atoms with Gasteiger partial charge in [-0.2, -0.15) is 0 Å². The van der Waals surface area contributed by atoms with E-state index in [1.165, 1.54) is 51.4 Å². The highest BCUT2D eigenvalue weighted by Gasteiger charge is 2.51. The van der Waals surface area contributed by atoms with Crippen LogP contribution in [0.1, 0.15) is 90.9 Å². The Morgan fingerprint density at radius 3 is 2.08 bits per heavy atom. The second kappa shape index (κ2) is 8.09. The fourth-order valence-corrected chi connectivity index (χ4v) is 5.97. The van der Waals surface area contributed by atoms with Crippen LogP contribution in [0.2, 0.25) is 0 Å². The lowest BCUT2D eigenvalue weighted by molar-refractivity contribution is -0.130. The third kappa shape index (κ3) is 4.98. The van der Waals surface area contributed by atoms with Crippen molar-refractivity contribution >= 4 is 11.8 Å². The number of hydrogen-bond donors (Lipinski definition) is 2. The molecule has 4 aliphatic rings. The van der Waals surface area contributed by atoms with Crippen LogP contribution in [0.5, 0.6) is 0 Å². The van der Waals surface area contributed by atoms with Crippen LogP contribution < -0.4 is 10.6 Å². The van der Waals surface area contributed by atoms with Gasteiger partial charge in [0.1, 0.15) is 0 Å². The number of carbonyl (C=O) groups excluding carboxylic acids is 2. The Morgan fingerprint density at radius 1 is 0.960 bits per heavy atom. The Bertz CT molecular complexity index is 453. The molecule has 4 saturated carbocycles. The van der Waals surface area contributed by atoms with Gasteiger partial charge in [0, 0.05) is 24.4 Å². The van der Waals surface area contributed by atoms with Gasteiger partial charge < -0.3 is 10.6 Å². The van der Waals surface area contributed by atoms with Crippen LogP contribution in [0.4, 0.5) is 0 Å². The maximum Gasteiger partial charge on any atom is 0.220 e. The molecule has 0 aliphatic heterocycles. The minimum atomic E-state index is 0.0182. The Kier molecular flexibility index (Phi) is 6.06. The monoisotopic (exact) mass is 348 g/mol. The van der Waals surface area contributed by atoms with Gasteiger partial charge in [-0.25, -0.2) is 0 Å².